The van der Waals surface area contributed by atoms with E-state index in [1.54, 1.807) is 36.4 Å². The van der Waals surface area contributed by atoms with Gasteiger partial charge in [0.25, 0.3) is 0 Å². The maximum Gasteiger partial charge on any atom is 0.126 e. The molecule has 2 nitrogen and oxygen atoms in total. The molecule has 1 atom stereocenters. The number of benzene rings is 2. The second-order valence-electron chi connectivity index (χ2n) is 4.60. The minimum Gasteiger partial charge on any atom is -0.271 e. The lowest BCUT2D eigenvalue weighted by molar-refractivity contribution is 0.506. The van der Waals surface area contributed by atoms with E-state index in [0.29, 0.717) is 28.5 Å². The van der Waals surface area contributed by atoms with Crippen LogP contribution in [0.5, 0.6) is 0 Å². The molecule has 0 saturated heterocycles. The predicted molar refractivity (Wildman–Crippen MR) is 81.4 cm³/mol. The second kappa shape index (κ2) is 7.04. The third kappa shape index (κ3) is 3.93. The van der Waals surface area contributed by atoms with Crippen molar-refractivity contribution in [3.63, 3.8) is 0 Å². The number of halogens is 3. The predicted octanol–water partition coefficient (Wildman–Crippen LogP) is 3.75. The maximum atomic E-state index is 13.7. The van der Waals surface area contributed by atoms with Crippen LogP contribution in [0.4, 0.5) is 4.39 Å². The van der Waals surface area contributed by atoms with Crippen LogP contribution < -0.4 is 11.3 Å². The van der Waals surface area contributed by atoms with Crippen LogP contribution in [-0.2, 0) is 12.8 Å². The molecule has 5 heteroatoms. The summed E-state index contributed by atoms with van der Waals surface area (Å²) in [6.45, 7) is 0. The third-order valence-corrected chi connectivity index (χ3v) is 3.74. The number of hydrogen-bond acceptors (Lipinski definition) is 2. The average molecular weight is 313 g/mol. The SMILES string of the molecule is NNC(Cc1ccccc1F)Cc1cc(Cl)ccc1Cl. The molecule has 0 amide bonds. The molecule has 0 bridgehead atoms. The fourth-order valence-electron chi connectivity index (χ4n) is 2.08. The first-order valence-corrected chi connectivity index (χ1v) is 6.99. The molecule has 106 valence electrons. The van der Waals surface area contributed by atoms with Crippen molar-refractivity contribution in [1.29, 1.82) is 0 Å². The van der Waals surface area contributed by atoms with Crippen molar-refractivity contribution < 1.29 is 4.39 Å². The van der Waals surface area contributed by atoms with Crippen LogP contribution >= 0.6 is 23.2 Å². The fraction of sp³-hybridized carbons (Fsp3) is 0.200. The van der Waals surface area contributed by atoms with E-state index in [1.165, 1.54) is 6.07 Å². The first-order valence-electron chi connectivity index (χ1n) is 6.23. The molecule has 2 aromatic carbocycles. The Hall–Kier alpha value is -1.13. The maximum absolute atomic E-state index is 13.7. The summed E-state index contributed by atoms with van der Waals surface area (Å²) in [7, 11) is 0. The molecule has 0 fully saturated rings. The molecular formula is C15H15Cl2FN2. The zero-order chi connectivity index (χ0) is 14.5. The van der Waals surface area contributed by atoms with E-state index in [0.717, 1.165) is 5.56 Å². The zero-order valence-electron chi connectivity index (χ0n) is 10.7. The lowest BCUT2D eigenvalue weighted by Crippen LogP contribution is -2.38. The summed E-state index contributed by atoms with van der Waals surface area (Å²) in [5.41, 5.74) is 4.21. The van der Waals surface area contributed by atoms with Gasteiger partial charge < -0.3 is 0 Å². The van der Waals surface area contributed by atoms with Gasteiger partial charge in [0.2, 0.25) is 0 Å². The average Bonchev–Trinajstić information content (AvgIpc) is 2.44. The molecule has 3 N–H and O–H groups in total. The number of hydrogen-bond donors (Lipinski definition) is 2. The van der Waals surface area contributed by atoms with Crippen LogP contribution in [0.1, 0.15) is 11.1 Å². The molecule has 0 spiro atoms. The van der Waals surface area contributed by atoms with Gasteiger partial charge in [-0.1, -0.05) is 41.4 Å². The van der Waals surface area contributed by atoms with Crippen LogP contribution in [-0.4, -0.2) is 6.04 Å². The van der Waals surface area contributed by atoms with E-state index in [1.807, 2.05) is 0 Å². The molecule has 0 heterocycles. The Kier molecular flexibility index (Phi) is 5.38. The van der Waals surface area contributed by atoms with Crippen molar-refractivity contribution in [2.75, 3.05) is 0 Å². The van der Waals surface area contributed by atoms with E-state index < -0.39 is 0 Å². The van der Waals surface area contributed by atoms with Gasteiger partial charge >= 0.3 is 0 Å². The molecule has 0 aliphatic heterocycles. The van der Waals surface area contributed by atoms with E-state index in [4.69, 9.17) is 29.0 Å². The molecule has 0 aromatic heterocycles. The number of nitrogens with two attached hydrogens (primary N) is 1. The topological polar surface area (TPSA) is 38.0 Å². The van der Waals surface area contributed by atoms with Crippen LogP contribution in [0.3, 0.4) is 0 Å². The summed E-state index contributed by atoms with van der Waals surface area (Å²) in [4.78, 5) is 0. The summed E-state index contributed by atoms with van der Waals surface area (Å²) < 4.78 is 13.7. The molecule has 1 unspecified atom stereocenters. The smallest absolute Gasteiger partial charge is 0.126 e. The lowest BCUT2D eigenvalue weighted by Gasteiger charge is -2.17. The van der Waals surface area contributed by atoms with Crippen molar-refractivity contribution in [1.82, 2.24) is 5.43 Å². The largest absolute Gasteiger partial charge is 0.271 e. The quantitative estimate of drug-likeness (QED) is 0.652. The van der Waals surface area contributed by atoms with Crippen molar-refractivity contribution in [3.05, 3.63) is 69.5 Å². The van der Waals surface area contributed by atoms with Crippen LogP contribution in [0.25, 0.3) is 0 Å². The minimum absolute atomic E-state index is 0.122. The highest BCUT2D eigenvalue weighted by Crippen LogP contribution is 2.22. The Labute approximate surface area is 127 Å². The van der Waals surface area contributed by atoms with Gasteiger partial charge in [-0.2, -0.15) is 0 Å². The summed E-state index contributed by atoms with van der Waals surface area (Å²) >= 11 is 12.1. The van der Waals surface area contributed by atoms with Crippen molar-refractivity contribution >= 4 is 23.2 Å². The highest BCUT2D eigenvalue weighted by molar-refractivity contribution is 6.33. The summed E-state index contributed by atoms with van der Waals surface area (Å²) in [6, 6.07) is 11.8. The Morgan fingerprint density at radius 2 is 1.75 bits per heavy atom. The van der Waals surface area contributed by atoms with Crippen LogP contribution in [0, 0.1) is 5.82 Å². The molecule has 0 aliphatic rings. The summed E-state index contributed by atoms with van der Waals surface area (Å²) in [5.74, 6) is 5.33. The summed E-state index contributed by atoms with van der Waals surface area (Å²) in [6.07, 6.45) is 1.05. The van der Waals surface area contributed by atoms with Gasteiger partial charge in [-0.15, -0.1) is 0 Å². The molecule has 0 aliphatic carbocycles. The molecular weight excluding hydrogens is 298 g/mol. The zero-order valence-corrected chi connectivity index (χ0v) is 12.3. The standard InChI is InChI=1S/C15H15Cl2FN2/c16-12-5-6-14(17)11(7-12)9-13(20-19)8-10-3-1-2-4-15(10)18/h1-7,13,20H,8-9,19H2. The molecule has 20 heavy (non-hydrogen) atoms. The van der Waals surface area contributed by atoms with Crippen molar-refractivity contribution in [2.24, 2.45) is 5.84 Å². The van der Waals surface area contributed by atoms with Gasteiger partial charge in [-0.3, -0.25) is 11.3 Å². The van der Waals surface area contributed by atoms with Gasteiger partial charge in [0.1, 0.15) is 5.82 Å². The number of hydrazine groups is 1. The lowest BCUT2D eigenvalue weighted by atomic mass is 9.99. The van der Waals surface area contributed by atoms with E-state index in [9.17, 15) is 4.39 Å². The van der Waals surface area contributed by atoms with Gasteiger partial charge in [0.15, 0.2) is 0 Å². The van der Waals surface area contributed by atoms with Crippen LogP contribution in [0.15, 0.2) is 42.5 Å². The Morgan fingerprint density at radius 3 is 2.45 bits per heavy atom. The Morgan fingerprint density at radius 1 is 1.05 bits per heavy atom. The molecule has 0 saturated carbocycles. The number of nitrogens with one attached hydrogen (secondary N) is 1. The monoisotopic (exact) mass is 312 g/mol. The third-order valence-electron chi connectivity index (χ3n) is 3.13. The van der Waals surface area contributed by atoms with Gasteiger partial charge in [0, 0.05) is 16.1 Å². The second-order valence-corrected chi connectivity index (χ2v) is 5.44. The van der Waals surface area contributed by atoms with Gasteiger partial charge in [-0.05, 0) is 48.2 Å². The van der Waals surface area contributed by atoms with E-state index >= 15 is 0 Å². The molecule has 0 radical (unpaired) electrons. The fourth-order valence-corrected chi connectivity index (χ4v) is 2.47. The highest BCUT2D eigenvalue weighted by atomic mass is 35.5. The van der Waals surface area contributed by atoms with Crippen LogP contribution in [0.2, 0.25) is 10.0 Å². The normalized spacial score (nSPS) is 12.4. The Bertz CT molecular complexity index is 590. The van der Waals surface area contributed by atoms with E-state index in [2.05, 4.69) is 5.43 Å². The van der Waals surface area contributed by atoms with Crippen molar-refractivity contribution in [2.45, 2.75) is 18.9 Å². The first kappa shape index (κ1) is 15.3. The minimum atomic E-state index is -0.232. The molecule has 2 rings (SSSR count). The molecule has 2 aromatic rings. The van der Waals surface area contributed by atoms with Crippen molar-refractivity contribution in [3.8, 4) is 0 Å². The first-order chi connectivity index (χ1) is 9.60. The highest BCUT2D eigenvalue weighted by Gasteiger charge is 2.13. The summed E-state index contributed by atoms with van der Waals surface area (Å²) in [5, 5.41) is 1.24. The number of rotatable bonds is 5. The van der Waals surface area contributed by atoms with E-state index in [-0.39, 0.29) is 11.9 Å². The Balaban J connectivity index is 2.13. The van der Waals surface area contributed by atoms with Gasteiger partial charge in [0.05, 0.1) is 0 Å². The van der Waals surface area contributed by atoms with Gasteiger partial charge in [-0.25, -0.2) is 4.39 Å².